The van der Waals surface area contributed by atoms with Gasteiger partial charge in [0.1, 0.15) is 0 Å². The molecule has 0 aromatic carbocycles. The van der Waals surface area contributed by atoms with E-state index in [2.05, 4.69) is 47.8 Å². The molecule has 0 bridgehead atoms. The van der Waals surface area contributed by atoms with Crippen molar-refractivity contribution in [2.24, 2.45) is 0 Å². The quantitative estimate of drug-likeness (QED) is 0.205. The van der Waals surface area contributed by atoms with Crippen LogP contribution in [0, 0.1) is 0 Å². The SMILES string of the molecule is CC[Se]CC[P+](C)(CCc1ccncc1)CCc1ccncc1.[I-]. The molecule has 24 heavy (non-hydrogen) atoms. The molecule has 5 heteroatoms. The summed E-state index contributed by atoms with van der Waals surface area (Å²) in [5, 5.41) is 2.84. The van der Waals surface area contributed by atoms with Crippen molar-refractivity contribution < 1.29 is 24.0 Å². The van der Waals surface area contributed by atoms with Crippen LogP contribution in [0.5, 0.6) is 0 Å². The van der Waals surface area contributed by atoms with E-state index in [1.807, 2.05) is 24.8 Å². The number of halogens is 1. The summed E-state index contributed by atoms with van der Waals surface area (Å²) < 4.78 is 0. The van der Waals surface area contributed by atoms with Crippen molar-refractivity contribution in [3.05, 3.63) is 60.2 Å². The van der Waals surface area contributed by atoms with Crippen LogP contribution in [-0.2, 0) is 12.8 Å². The van der Waals surface area contributed by atoms with Crippen LogP contribution in [0.25, 0.3) is 0 Å². The minimum absolute atomic E-state index is 0. The molecule has 0 saturated heterocycles. The molecule has 0 unspecified atom stereocenters. The first kappa shape index (κ1) is 22.0. The van der Waals surface area contributed by atoms with Gasteiger partial charge in [-0.25, -0.2) is 0 Å². The molecule has 0 spiro atoms. The summed E-state index contributed by atoms with van der Waals surface area (Å²) in [6.45, 7) is 4.92. The number of hydrogen-bond acceptors (Lipinski definition) is 2. The molecule has 0 saturated carbocycles. The molecular formula is C19H28IN2PSe. The summed E-state index contributed by atoms with van der Waals surface area (Å²) in [4.78, 5) is 8.26. The van der Waals surface area contributed by atoms with Gasteiger partial charge >= 0.3 is 148 Å². The van der Waals surface area contributed by atoms with Gasteiger partial charge in [-0.1, -0.05) is 0 Å². The molecular weight excluding hydrogens is 493 g/mol. The minimum atomic E-state index is -0.855. The van der Waals surface area contributed by atoms with Crippen molar-refractivity contribution in [2.75, 3.05) is 25.2 Å². The maximum atomic E-state index is 4.13. The maximum Gasteiger partial charge on any atom is -1.00 e. The van der Waals surface area contributed by atoms with E-state index < -0.39 is 7.26 Å². The number of aromatic nitrogens is 2. The van der Waals surface area contributed by atoms with Gasteiger partial charge in [0.2, 0.25) is 0 Å². The van der Waals surface area contributed by atoms with E-state index >= 15 is 0 Å². The molecule has 2 heterocycles. The van der Waals surface area contributed by atoms with E-state index in [0.717, 1.165) is 15.0 Å². The Morgan fingerprint density at radius 1 is 0.833 bits per heavy atom. The summed E-state index contributed by atoms with van der Waals surface area (Å²) in [5.41, 5.74) is 2.88. The minimum Gasteiger partial charge on any atom is -1.00 e. The Kier molecular flexibility index (Phi) is 11.3. The smallest absolute Gasteiger partial charge is 1.00 e. The topological polar surface area (TPSA) is 25.8 Å². The van der Waals surface area contributed by atoms with Gasteiger partial charge in [-0.05, 0) is 0 Å². The molecule has 0 aliphatic rings. The number of nitrogens with zero attached hydrogens (tertiary/aromatic N) is 2. The Balaban J connectivity index is 0.00000288. The van der Waals surface area contributed by atoms with Crippen LogP contribution >= 0.6 is 7.26 Å². The molecule has 0 amide bonds. The van der Waals surface area contributed by atoms with Crippen molar-refractivity contribution in [2.45, 2.75) is 30.4 Å². The van der Waals surface area contributed by atoms with Crippen LogP contribution < -0.4 is 24.0 Å². The van der Waals surface area contributed by atoms with E-state index in [9.17, 15) is 0 Å². The molecule has 0 radical (unpaired) electrons. The Labute approximate surface area is 171 Å². The van der Waals surface area contributed by atoms with Gasteiger partial charge < -0.3 is 24.0 Å². The second-order valence-corrected chi connectivity index (χ2v) is 13.7. The van der Waals surface area contributed by atoms with Gasteiger partial charge in [0.05, 0.1) is 0 Å². The third kappa shape index (κ3) is 8.38. The number of rotatable bonds is 10. The Morgan fingerprint density at radius 2 is 1.29 bits per heavy atom. The second-order valence-electron chi connectivity index (χ2n) is 6.20. The summed E-state index contributed by atoms with van der Waals surface area (Å²) >= 11 is 0.842. The first-order chi connectivity index (χ1) is 11.2. The van der Waals surface area contributed by atoms with E-state index in [1.165, 1.54) is 53.1 Å². The fourth-order valence-corrected chi connectivity index (χ4v) is 9.69. The predicted molar refractivity (Wildman–Crippen MR) is 104 cm³/mol. The van der Waals surface area contributed by atoms with Gasteiger partial charge in [0, 0.05) is 0 Å². The first-order valence-corrected chi connectivity index (χ1v) is 13.6. The molecule has 0 N–H and O–H groups in total. The van der Waals surface area contributed by atoms with Crippen molar-refractivity contribution in [1.29, 1.82) is 0 Å². The number of hydrogen-bond donors (Lipinski definition) is 0. The van der Waals surface area contributed by atoms with E-state index in [4.69, 9.17) is 0 Å². The largest absolute Gasteiger partial charge is 1.00 e. The zero-order chi connectivity index (χ0) is 16.4. The standard InChI is InChI=1S/C19H28N2PSe.HI/c1-3-23-17-16-22(2,14-8-18-4-10-20-11-5-18)15-9-19-6-12-21-13-7-19;/h4-7,10-13H,3,8-9,14-17H2,1-2H3;1H/q+1;/p-1. The van der Waals surface area contributed by atoms with Crippen molar-refractivity contribution in [3.8, 4) is 0 Å². The third-order valence-electron chi connectivity index (χ3n) is 4.36. The fraction of sp³-hybridized carbons (Fsp3) is 0.474. The van der Waals surface area contributed by atoms with Crippen LogP contribution in [0.2, 0.25) is 10.6 Å². The summed E-state index contributed by atoms with van der Waals surface area (Å²) in [6, 6.07) is 8.68. The predicted octanol–water partition coefficient (Wildman–Crippen LogP) is 1.47. The second kappa shape index (κ2) is 12.4. The molecule has 132 valence electrons. The van der Waals surface area contributed by atoms with Gasteiger partial charge in [0.25, 0.3) is 0 Å². The van der Waals surface area contributed by atoms with E-state index in [1.54, 1.807) is 0 Å². The van der Waals surface area contributed by atoms with Crippen LogP contribution in [0.1, 0.15) is 18.1 Å². The fourth-order valence-electron chi connectivity index (χ4n) is 2.66. The molecule has 2 rings (SSSR count). The molecule has 2 aromatic heterocycles. The van der Waals surface area contributed by atoms with Crippen molar-refractivity contribution in [3.63, 3.8) is 0 Å². The van der Waals surface area contributed by atoms with Gasteiger partial charge in [-0.3, -0.25) is 0 Å². The Bertz CT molecular complexity index is 510. The first-order valence-electron chi connectivity index (χ1n) is 8.41. The zero-order valence-corrected chi connectivity index (χ0v) is 19.5. The summed E-state index contributed by atoms with van der Waals surface area (Å²) in [7, 11) is -0.855. The average molecular weight is 521 g/mol. The Hall–Kier alpha value is -0.0205. The van der Waals surface area contributed by atoms with Crippen LogP contribution in [0.15, 0.2) is 49.1 Å². The summed E-state index contributed by atoms with van der Waals surface area (Å²) in [5.74, 6) is 0. The average Bonchev–Trinajstić information content (AvgIpc) is 2.61. The Morgan fingerprint density at radius 3 is 1.71 bits per heavy atom. The summed E-state index contributed by atoms with van der Waals surface area (Å²) in [6.07, 6.45) is 14.3. The monoisotopic (exact) mass is 522 g/mol. The van der Waals surface area contributed by atoms with Gasteiger partial charge in [-0.15, -0.1) is 0 Å². The van der Waals surface area contributed by atoms with Crippen LogP contribution in [0.4, 0.5) is 0 Å². The zero-order valence-electron chi connectivity index (χ0n) is 14.7. The van der Waals surface area contributed by atoms with Gasteiger partial charge in [0.15, 0.2) is 0 Å². The third-order valence-corrected chi connectivity index (χ3v) is 10.8. The normalized spacial score (nSPS) is 11.1. The molecule has 0 aliphatic heterocycles. The molecule has 2 aromatic rings. The number of pyridine rings is 2. The van der Waals surface area contributed by atoms with Crippen LogP contribution in [-0.4, -0.2) is 50.1 Å². The van der Waals surface area contributed by atoms with Crippen molar-refractivity contribution in [1.82, 2.24) is 9.97 Å². The molecule has 0 atom stereocenters. The maximum absolute atomic E-state index is 4.13. The molecule has 2 nitrogen and oxygen atoms in total. The van der Waals surface area contributed by atoms with Crippen molar-refractivity contribution >= 4 is 22.2 Å². The van der Waals surface area contributed by atoms with E-state index in [0.29, 0.717) is 0 Å². The molecule has 0 fully saturated rings. The van der Waals surface area contributed by atoms with E-state index in [-0.39, 0.29) is 24.0 Å². The van der Waals surface area contributed by atoms with Crippen LogP contribution in [0.3, 0.4) is 0 Å². The molecule has 0 aliphatic carbocycles. The number of aryl methyl sites for hydroxylation is 2. The van der Waals surface area contributed by atoms with Gasteiger partial charge in [-0.2, -0.15) is 0 Å².